The smallest absolute Gasteiger partial charge is 0.229 e. The van der Waals surface area contributed by atoms with Crippen molar-refractivity contribution in [1.29, 1.82) is 0 Å². The zero-order valence-electron chi connectivity index (χ0n) is 10.5. The fraction of sp³-hybridized carbons (Fsp3) is 0.462. The predicted octanol–water partition coefficient (Wildman–Crippen LogP) is 3.33. The van der Waals surface area contributed by atoms with E-state index in [1.807, 2.05) is 37.8 Å². The molecule has 4 heteroatoms. The Labute approximate surface area is 133 Å². The number of carbonyl (C=O) groups is 1. The van der Waals surface area contributed by atoms with Gasteiger partial charge in [0.05, 0.1) is 0 Å². The summed E-state index contributed by atoms with van der Waals surface area (Å²) < 4.78 is 0. The minimum Gasteiger partial charge on any atom is -0.312 e. The molecule has 89 valence electrons. The van der Waals surface area contributed by atoms with Gasteiger partial charge in [0.25, 0.3) is 0 Å². The summed E-state index contributed by atoms with van der Waals surface area (Å²) in [4.78, 5) is 13.9. The summed E-state index contributed by atoms with van der Waals surface area (Å²) in [5, 5.41) is 0.735. The molecular formula is C13H16ClNOY. The van der Waals surface area contributed by atoms with Gasteiger partial charge in [0.1, 0.15) is 0 Å². The van der Waals surface area contributed by atoms with Crippen molar-refractivity contribution < 1.29 is 37.5 Å². The summed E-state index contributed by atoms with van der Waals surface area (Å²) in [5.74, 6) is 0.378. The van der Waals surface area contributed by atoms with E-state index in [0.717, 1.165) is 34.8 Å². The average molecular weight is 327 g/mol. The molecule has 1 aliphatic rings. The summed E-state index contributed by atoms with van der Waals surface area (Å²) in [7, 11) is 0. The molecule has 0 N–H and O–H groups in total. The number of anilines is 1. The minimum atomic E-state index is 0. The zero-order valence-corrected chi connectivity index (χ0v) is 14.1. The van der Waals surface area contributed by atoms with Gasteiger partial charge in [-0.25, -0.2) is 0 Å². The SMILES string of the molecule is Cc1cc(Cl)cc(C)c1N1CCC(C)C1=O.[Y]. The van der Waals surface area contributed by atoms with Gasteiger partial charge in [0.15, 0.2) is 0 Å². The number of hydrogen-bond acceptors (Lipinski definition) is 1. The molecular weight excluding hydrogens is 311 g/mol. The first kappa shape index (κ1) is 15.1. The molecule has 1 atom stereocenters. The molecule has 1 aromatic carbocycles. The van der Waals surface area contributed by atoms with Crippen LogP contribution in [0.3, 0.4) is 0 Å². The molecule has 1 heterocycles. The summed E-state index contributed by atoms with van der Waals surface area (Å²) in [6.45, 7) is 6.82. The summed E-state index contributed by atoms with van der Waals surface area (Å²) in [6, 6.07) is 3.83. The first-order chi connectivity index (χ1) is 7.50. The van der Waals surface area contributed by atoms with Crippen LogP contribution >= 0.6 is 11.6 Å². The van der Waals surface area contributed by atoms with Crippen molar-refractivity contribution in [2.24, 2.45) is 5.92 Å². The Morgan fingerprint density at radius 3 is 2.24 bits per heavy atom. The Morgan fingerprint density at radius 2 is 1.82 bits per heavy atom. The van der Waals surface area contributed by atoms with E-state index < -0.39 is 0 Å². The molecule has 0 aromatic heterocycles. The number of benzene rings is 1. The van der Waals surface area contributed by atoms with E-state index in [0.29, 0.717) is 0 Å². The van der Waals surface area contributed by atoms with Gasteiger partial charge in [-0.15, -0.1) is 0 Å². The van der Waals surface area contributed by atoms with Crippen LogP contribution < -0.4 is 4.90 Å². The third kappa shape index (κ3) is 2.91. The van der Waals surface area contributed by atoms with Crippen molar-refractivity contribution in [1.82, 2.24) is 0 Å². The summed E-state index contributed by atoms with van der Waals surface area (Å²) >= 11 is 5.99. The topological polar surface area (TPSA) is 20.3 Å². The fourth-order valence-corrected chi connectivity index (χ4v) is 2.70. The normalized spacial score (nSPS) is 19.4. The van der Waals surface area contributed by atoms with E-state index in [4.69, 9.17) is 11.6 Å². The fourth-order valence-electron chi connectivity index (χ4n) is 2.37. The summed E-state index contributed by atoms with van der Waals surface area (Å²) in [5.41, 5.74) is 3.19. The van der Waals surface area contributed by atoms with E-state index in [9.17, 15) is 4.79 Å². The Balaban J connectivity index is 0.00000144. The molecule has 2 rings (SSSR count). The van der Waals surface area contributed by atoms with Crippen LogP contribution in [0, 0.1) is 19.8 Å². The van der Waals surface area contributed by atoms with Gasteiger partial charge in [0.2, 0.25) is 5.91 Å². The molecule has 0 saturated carbocycles. The van der Waals surface area contributed by atoms with Crippen LogP contribution in [-0.2, 0) is 37.5 Å². The second-order valence-corrected chi connectivity index (χ2v) is 5.00. The van der Waals surface area contributed by atoms with Crippen molar-refractivity contribution in [3.05, 3.63) is 28.3 Å². The Kier molecular flexibility index (Phi) is 5.18. The Morgan fingerprint density at radius 1 is 1.29 bits per heavy atom. The van der Waals surface area contributed by atoms with Gasteiger partial charge in [-0.1, -0.05) is 18.5 Å². The Bertz CT molecular complexity index is 424. The average Bonchev–Trinajstić information content (AvgIpc) is 2.48. The maximum atomic E-state index is 12.0. The number of carbonyl (C=O) groups excluding carboxylic acids is 1. The van der Waals surface area contributed by atoms with Gasteiger partial charge in [0, 0.05) is 55.9 Å². The van der Waals surface area contributed by atoms with Crippen LogP contribution in [0.15, 0.2) is 12.1 Å². The van der Waals surface area contributed by atoms with Gasteiger partial charge >= 0.3 is 0 Å². The first-order valence-electron chi connectivity index (χ1n) is 5.59. The summed E-state index contributed by atoms with van der Waals surface area (Å²) in [6.07, 6.45) is 0.945. The zero-order chi connectivity index (χ0) is 11.9. The van der Waals surface area contributed by atoms with Crippen molar-refractivity contribution in [2.75, 3.05) is 11.4 Å². The number of amides is 1. The molecule has 0 aliphatic carbocycles. The van der Waals surface area contributed by atoms with Gasteiger partial charge < -0.3 is 4.90 Å². The first-order valence-corrected chi connectivity index (χ1v) is 5.96. The van der Waals surface area contributed by atoms with Crippen molar-refractivity contribution in [2.45, 2.75) is 27.2 Å². The largest absolute Gasteiger partial charge is 0.312 e. The van der Waals surface area contributed by atoms with E-state index >= 15 is 0 Å². The number of rotatable bonds is 1. The number of aryl methyl sites for hydroxylation is 2. The second kappa shape index (κ2) is 5.82. The van der Waals surface area contributed by atoms with Crippen molar-refractivity contribution in [3.63, 3.8) is 0 Å². The third-order valence-corrected chi connectivity index (χ3v) is 3.42. The van der Waals surface area contributed by atoms with Gasteiger partial charge in [-0.2, -0.15) is 0 Å². The van der Waals surface area contributed by atoms with Gasteiger partial charge in [-0.3, -0.25) is 4.79 Å². The van der Waals surface area contributed by atoms with Crippen LogP contribution in [-0.4, -0.2) is 12.5 Å². The van der Waals surface area contributed by atoms with Crippen molar-refractivity contribution in [3.8, 4) is 0 Å². The maximum Gasteiger partial charge on any atom is 0.229 e. The Hall–Kier alpha value is 0.0839. The van der Waals surface area contributed by atoms with E-state index in [2.05, 4.69) is 0 Å². The molecule has 0 bridgehead atoms. The number of hydrogen-bond donors (Lipinski definition) is 0. The molecule has 1 radical (unpaired) electrons. The molecule has 1 aromatic rings. The van der Waals surface area contributed by atoms with Crippen LogP contribution in [0.5, 0.6) is 0 Å². The number of nitrogens with zero attached hydrogens (tertiary/aromatic N) is 1. The van der Waals surface area contributed by atoms with Crippen LogP contribution in [0.25, 0.3) is 0 Å². The molecule has 1 aliphatic heterocycles. The van der Waals surface area contributed by atoms with Crippen LogP contribution in [0.1, 0.15) is 24.5 Å². The molecule has 1 saturated heterocycles. The molecule has 0 spiro atoms. The van der Waals surface area contributed by atoms with Gasteiger partial charge in [-0.05, 0) is 43.5 Å². The minimum absolute atomic E-state index is 0. The quantitative estimate of drug-likeness (QED) is 0.775. The molecule has 17 heavy (non-hydrogen) atoms. The standard InChI is InChI=1S/C13H16ClNO.Y/c1-8-4-5-15(13(8)16)12-9(2)6-11(14)7-10(12)3;/h6-8H,4-5H2,1-3H3;. The van der Waals surface area contributed by atoms with E-state index in [1.165, 1.54) is 0 Å². The molecule has 1 amide bonds. The van der Waals surface area contributed by atoms with Crippen LogP contribution in [0.4, 0.5) is 5.69 Å². The molecule has 1 unspecified atom stereocenters. The molecule has 2 nitrogen and oxygen atoms in total. The van der Waals surface area contributed by atoms with E-state index in [1.54, 1.807) is 0 Å². The van der Waals surface area contributed by atoms with Crippen molar-refractivity contribution >= 4 is 23.2 Å². The maximum absolute atomic E-state index is 12.0. The van der Waals surface area contributed by atoms with Crippen LogP contribution in [0.2, 0.25) is 5.02 Å². The monoisotopic (exact) mass is 326 g/mol. The predicted molar refractivity (Wildman–Crippen MR) is 67.1 cm³/mol. The third-order valence-electron chi connectivity index (χ3n) is 3.20. The van der Waals surface area contributed by atoms with E-state index in [-0.39, 0.29) is 44.5 Å². The molecule has 1 fully saturated rings. The second-order valence-electron chi connectivity index (χ2n) is 4.57. The number of halogens is 1.